The van der Waals surface area contributed by atoms with E-state index in [2.05, 4.69) is 15.7 Å². The second-order valence-electron chi connectivity index (χ2n) is 6.92. The molecule has 8 heteroatoms. The van der Waals surface area contributed by atoms with Gasteiger partial charge in [-0.1, -0.05) is 48.9 Å². The highest BCUT2D eigenvalue weighted by Crippen LogP contribution is 2.23. The van der Waals surface area contributed by atoms with Gasteiger partial charge in [0.05, 0.1) is 18.5 Å². The van der Waals surface area contributed by atoms with Crippen molar-refractivity contribution in [2.75, 3.05) is 17.7 Å². The van der Waals surface area contributed by atoms with Gasteiger partial charge >= 0.3 is 0 Å². The lowest BCUT2D eigenvalue weighted by molar-refractivity contribution is -0.117. The average Bonchev–Trinajstić information content (AvgIpc) is 2.77. The van der Waals surface area contributed by atoms with Crippen LogP contribution in [0.25, 0.3) is 11.3 Å². The lowest BCUT2D eigenvalue weighted by atomic mass is 10.1. The minimum absolute atomic E-state index is 0.0718. The quantitative estimate of drug-likeness (QED) is 0.611. The van der Waals surface area contributed by atoms with E-state index < -0.39 is 11.5 Å². The number of para-hydroxylation sites is 2. The molecule has 0 saturated carbocycles. The number of ether oxygens (including phenoxy) is 1. The highest BCUT2D eigenvalue weighted by molar-refractivity contribution is 5.92. The number of hydrogen-bond acceptors (Lipinski definition) is 5. The van der Waals surface area contributed by atoms with E-state index in [4.69, 9.17) is 4.74 Å². The molecule has 0 aliphatic carbocycles. The van der Waals surface area contributed by atoms with Crippen molar-refractivity contribution in [3.05, 3.63) is 70.5 Å². The summed E-state index contributed by atoms with van der Waals surface area (Å²) in [7, 11) is 1.50. The largest absolute Gasteiger partial charge is 0.495 e. The van der Waals surface area contributed by atoms with Crippen LogP contribution < -0.4 is 20.9 Å². The van der Waals surface area contributed by atoms with E-state index in [1.54, 1.807) is 31.2 Å². The molecule has 3 aromatic rings. The molecule has 0 unspecified atom stereocenters. The van der Waals surface area contributed by atoms with Crippen LogP contribution in [0.5, 0.6) is 5.75 Å². The van der Waals surface area contributed by atoms with Gasteiger partial charge in [-0.25, -0.2) is 4.68 Å². The third-order valence-electron chi connectivity index (χ3n) is 4.59. The standard InChI is InChI=1S/C23H24N4O4/c1-4-21(28)25-19-13-18(16-11-9-15(2)10-12-16)26-27(23(19)30)14-22(29)24-17-7-5-6-8-20(17)31-3/h5-13H,4,14H2,1-3H3,(H,24,29)(H,25,28). The molecule has 0 spiro atoms. The number of carbonyl (C=O) groups excluding carboxylic acids is 2. The second-order valence-corrected chi connectivity index (χ2v) is 6.92. The zero-order valence-electron chi connectivity index (χ0n) is 17.6. The van der Waals surface area contributed by atoms with Crippen LogP contribution in [0.1, 0.15) is 18.9 Å². The molecule has 0 atom stereocenters. The first-order valence-electron chi connectivity index (χ1n) is 9.83. The molecule has 2 aromatic carbocycles. The second kappa shape index (κ2) is 9.71. The Hall–Kier alpha value is -3.94. The number of anilines is 2. The van der Waals surface area contributed by atoms with E-state index in [0.29, 0.717) is 17.1 Å². The fourth-order valence-electron chi connectivity index (χ4n) is 2.92. The average molecular weight is 420 g/mol. The number of rotatable bonds is 7. The molecular formula is C23H24N4O4. The minimum atomic E-state index is -0.562. The van der Waals surface area contributed by atoms with E-state index in [0.717, 1.165) is 15.8 Å². The van der Waals surface area contributed by atoms with E-state index in [1.807, 2.05) is 31.2 Å². The Morgan fingerprint density at radius 1 is 1.00 bits per heavy atom. The van der Waals surface area contributed by atoms with Crippen LogP contribution >= 0.6 is 0 Å². The third kappa shape index (κ3) is 5.36. The van der Waals surface area contributed by atoms with Crippen molar-refractivity contribution in [1.82, 2.24) is 9.78 Å². The van der Waals surface area contributed by atoms with Gasteiger partial charge in [0.1, 0.15) is 18.0 Å². The number of aryl methyl sites for hydroxylation is 1. The van der Waals surface area contributed by atoms with E-state index in [9.17, 15) is 14.4 Å². The summed E-state index contributed by atoms with van der Waals surface area (Å²) in [6.45, 7) is 3.33. The molecule has 31 heavy (non-hydrogen) atoms. The van der Waals surface area contributed by atoms with Gasteiger partial charge in [0.25, 0.3) is 5.56 Å². The maximum atomic E-state index is 12.9. The van der Waals surface area contributed by atoms with Crippen LogP contribution in [0.3, 0.4) is 0 Å². The van der Waals surface area contributed by atoms with Crippen molar-refractivity contribution in [2.45, 2.75) is 26.8 Å². The maximum Gasteiger partial charge on any atom is 0.291 e. The molecule has 0 saturated heterocycles. The van der Waals surface area contributed by atoms with Gasteiger partial charge in [-0.3, -0.25) is 14.4 Å². The Balaban J connectivity index is 1.95. The van der Waals surface area contributed by atoms with E-state index in [-0.39, 0.29) is 24.6 Å². The van der Waals surface area contributed by atoms with Crippen LogP contribution in [0, 0.1) is 6.92 Å². The van der Waals surface area contributed by atoms with Crippen LogP contribution in [-0.4, -0.2) is 28.7 Å². The normalized spacial score (nSPS) is 10.4. The molecule has 0 fully saturated rings. The number of aromatic nitrogens is 2. The summed E-state index contributed by atoms with van der Waals surface area (Å²) < 4.78 is 6.28. The fourth-order valence-corrected chi connectivity index (χ4v) is 2.92. The zero-order chi connectivity index (χ0) is 22.4. The smallest absolute Gasteiger partial charge is 0.291 e. The minimum Gasteiger partial charge on any atom is -0.495 e. The lowest BCUT2D eigenvalue weighted by Gasteiger charge is -2.13. The predicted molar refractivity (Wildman–Crippen MR) is 119 cm³/mol. The van der Waals surface area contributed by atoms with Crippen molar-refractivity contribution < 1.29 is 14.3 Å². The molecular weight excluding hydrogens is 396 g/mol. The number of carbonyl (C=O) groups is 2. The van der Waals surface area contributed by atoms with Crippen molar-refractivity contribution >= 4 is 23.2 Å². The zero-order valence-corrected chi connectivity index (χ0v) is 17.6. The summed E-state index contributed by atoms with van der Waals surface area (Å²) in [6, 6.07) is 16.1. The van der Waals surface area contributed by atoms with Gasteiger partial charge in [-0.15, -0.1) is 0 Å². The van der Waals surface area contributed by atoms with Crippen molar-refractivity contribution in [3.8, 4) is 17.0 Å². The Bertz CT molecular complexity index is 1150. The summed E-state index contributed by atoms with van der Waals surface area (Å²) in [5.74, 6) is -0.253. The molecule has 8 nitrogen and oxygen atoms in total. The molecule has 2 amide bonds. The van der Waals surface area contributed by atoms with Gasteiger partial charge in [0, 0.05) is 12.0 Å². The van der Waals surface area contributed by atoms with Gasteiger partial charge in [-0.2, -0.15) is 5.10 Å². The van der Waals surface area contributed by atoms with Crippen LogP contribution in [-0.2, 0) is 16.1 Å². The summed E-state index contributed by atoms with van der Waals surface area (Å²) in [6.07, 6.45) is 0.218. The van der Waals surface area contributed by atoms with Gasteiger partial charge < -0.3 is 15.4 Å². The van der Waals surface area contributed by atoms with Crippen molar-refractivity contribution in [2.24, 2.45) is 0 Å². The molecule has 160 valence electrons. The molecule has 0 radical (unpaired) electrons. The number of nitrogens with one attached hydrogen (secondary N) is 2. The number of methoxy groups -OCH3 is 1. The van der Waals surface area contributed by atoms with Crippen molar-refractivity contribution in [1.29, 1.82) is 0 Å². The highest BCUT2D eigenvalue weighted by Gasteiger charge is 2.15. The number of nitrogens with zero attached hydrogens (tertiary/aromatic N) is 2. The third-order valence-corrected chi connectivity index (χ3v) is 4.59. The first-order chi connectivity index (χ1) is 14.9. The number of benzene rings is 2. The Kier molecular flexibility index (Phi) is 6.81. The maximum absolute atomic E-state index is 12.9. The predicted octanol–water partition coefficient (Wildman–Crippen LogP) is 3.21. The Morgan fingerprint density at radius 2 is 1.68 bits per heavy atom. The molecule has 2 N–H and O–H groups in total. The highest BCUT2D eigenvalue weighted by atomic mass is 16.5. The van der Waals surface area contributed by atoms with Gasteiger partial charge in [0.2, 0.25) is 11.8 Å². The van der Waals surface area contributed by atoms with Crippen molar-refractivity contribution in [3.63, 3.8) is 0 Å². The molecule has 3 rings (SSSR count). The molecule has 0 aliphatic rings. The summed E-state index contributed by atoms with van der Waals surface area (Å²) in [5.41, 5.74) is 2.30. The molecule has 0 bridgehead atoms. The van der Waals surface area contributed by atoms with Gasteiger partial charge in [0.15, 0.2) is 0 Å². The first-order valence-corrected chi connectivity index (χ1v) is 9.83. The fraction of sp³-hybridized carbons (Fsp3) is 0.217. The number of amides is 2. The van der Waals surface area contributed by atoms with Gasteiger partial charge in [-0.05, 0) is 25.1 Å². The van der Waals surface area contributed by atoms with Crippen LogP contribution in [0.15, 0.2) is 59.4 Å². The summed E-state index contributed by atoms with van der Waals surface area (Å²) in [5, 5.41) is 9.67. The summed E-state index contributed by atoms with van der Waals surface area (Å²) >= 11 is 0. The monoisotopic (exact) mass is 420 g/mol. The first kappa shape index (κ1) is 21.8. The van der Waals surface area contributed by atoms with Crippen LogP contribution in [0.2, 0.25) is 0 Å². The summed E-state index contributed by atoms with van der Waals surface area (Å²) in [4.78, 5) is 37.4. The molecule has 1 heterocycles. The van der Waals surface area contributed by atoms with Crippen LogP contribution in [0.4, 0.5) is 11.4 Å². The topological polar surface area (TPSA) is 102 Å². The SMILES string of the molecule is CCC(=O)Nc1cc(-c2ccc(C)cc2)nn(CC(=O)Nc2ccccc2OC)c1=O. The van der Waals surface area contributed by atoms with E-state index in [1.165, 1.54) is 13.2 Å². The molecule has 1 aromatic heterocycles. The Morgan fingerprint density at radius 3 is 2.35 bits per heavy atom. The molecule has 0 aliphatic heterocycles. The lowest BCUT2D eigenvalue weighted by Crippen LogP contribution is -2.32. The number of hydrogen-bond donors (Lipinski definition) is 2. The Labute approximate surface area is 179 Å². The van der Waals surface area contributed by atoms with E-state index >= 15 is 0 Å².